The van der Waals surface area contributed by atoms with E-state index in [4.69, 9.17) is 4.74 Å². The molecule has 0 aromatic carbocycles. The van der Waals surface area contributed by atoms with Crippen LogP contribution >= 0.6 is 0 Å². The summed E-state index contributed by atoms with van der Waals surface area (Å²) in [5, 5.41) is 3.60. The summed E-state index contributed by atoms with van der Waals surface area (Å²) in [6.45, 7) is 7.58. The van der Waals surface area contributed by atoms with Crippen molar-refractivity contribution >= 4 is 0 Å². The van der Waals surface area contributed by atoms with Crippen LogP contribution in [-0.2, 0) is 4.74 Å². The molecule has 1 fully saturated rings. The first-order valence-corrected chi connectivity index (χ1v) is 5.65. The molecule has 0 aromatic heterocycles. The highest BCUT2D eigenvalue weighted by atomic mass is 16.5. The van der Waals surface area contributed by atoms with Gasteiger partial charge in [0, 0.05) is 18.7 Å². The van der Waals surface area contributed by atoms with Gasteiger partial charge in [0.1, 0.15) is 0 Å². The van der Waals surface area contributed by atoms with Crippen molar-refractivity contribution in [3.05, 3.63) is 0 Å². The predicted octanol–water partition coefficient (Wildman–Crippen LogP) is 2.33. The Labute approximate surface area is 82.0 Å². The molecule has 3 unspecified atom stereocenters. The third-order valence-corrected chi connectivity index (χ3v) is 2.81. The molecule has 0 saturated carbocycles. The van der Waals surface area contributed by atoms with Crippen molar-refractivity contribution in [2.75, 3.05) is 6.61 Å². The number of nitrogens with one attached hydrogen (secondary N) is 1. The Morgan fingerprint density at radius 3 is 2.69 bits per heavy atom. The van der Waals surface area contributed by atoms with E-state index in [9.17, 15) is 0 Å². The van der Waals surface area contributed by atoms with Gasteiger partial charge in [0.05, 0.1) is 6.10 Å². The first-order chi connectivity index (χ1) is 6.27. The van der Waals surface area contributed by atoms with Crippen LogP contribution in [0.3, 0.4) is 0 Å². The van der Waals surface area contributed by atoms with Gasteiger partial charge in [0.2, 0.25) is 0 Å². The molecule has 2 heteroatoms. The van der Waals surface area contributed by atoms with E-state index in [1.807, 2.05) is 0 Å². The average Bonchev–Trinajstić information content (AvgIpc) is 2.16. The van der Waals surface area contributed by atoms with Gasteiger partial charge >= 0.3 is 0 Å². The summed E-state index contributed by atoms with van der Waals surface area (Å²) in [7, 11) is 0. The van der Waals surface area contributed by atoms with Crippen LogP contribution < -0.4 is 5.32 Å². The third-order valence-electron chi connectivity index (χ3n) is 2.81. The normalized spacial score (nSPS) is 34.8. The standard InChI is InChI=1S/C11H23NO/c1-4-8-13-11-7-6-9(3)12-10(11)5-2/h9-12H,4-8H2,1-3H3. The van der Waals surface area contributed by atoms with Crippen LogP contribution in [0, 0.1) is 0 Å². The van der Waals surface area contributed by atoms with E-state index < -0.39 is 0 Å². The maximum absolute atomic E-state index is 5.82. The summed E-state index contributed by atoms with van der Waals surface area (Å²) in [6, 6.07) is 1.25. The molecule has 1 rings (SSSR count). The number of rotatable bonds is 4. The fraction of sp³-hybridized carbons (Fsp3) is 1.00. The Balaban J connectivity index is 2.33. The Morgan fingerprint density at radius 1 is 1.31 bits per heavy atom. The van der Waals surface area contributed by atoms with E-state index >= 15 is 0 Å². The maximum Gasteiger partial charge on any atom is 0.0728 e. The number of ether oxygens (including phenoxy) is 1. The SMILES string of the molecule is CCCOC1CCC(C)NC1CC. The number of hydrogen-bond acceptors (Lipinski definition) is 2. The van der Waals surface area contributed by atoms with Crippen LogP contribution in [0.4, 0.5) is 0 Å². The average molecular weight is 185 g/mol. The molecule has 0 aromatic rings. The third kappa shape index (κ3) is 3.28. The summed E-state index contributed by atoms with van der Waals surface area (Å²) in [6.07, 6.45) is 5.25. The summed E-state index contributed by atoms with van der Waals surface area (Å²) >= 11 is 0. The lowest BCUT2D eigenvalue weighted by Gasteiger charge is -2.35. The van der Waals surface area contributed by atoms with Gasteiger partial charge in [-0.05, 0) is 32.6 Å². The van der Waals surface area contributed by atoms with Crippen molar-refractivity contribution in [1.82, 2.24) is 5.32 Å². The summed E-state index contributed by atoms with van der Waals surface area (Å²) in [5.41, 5.74) is 0. The van der Waals surface area contributed by atoms with Gasteiger partial charge < -0.3 is 10.1 Å². The van der Waals surface area contributed by atoms with Gasteiger partial charge in [0.25, 0.3) is 0 Å². The molecule has 0 aliphatic carbocycles. The highest BCUT2D eigenvalue weighted by Gasteiger charge is 2.26. The minimum Gasteiger partial charge on any atom is -0.377 e. The van der Waals surface area contributed by atoms with Crippen molar-refractivity contribution in [1.29, 1.82) is 0 Å². The summed E-state index contributed by atoms with van der Waals surface area (Å²) < 4.78 is 5.82. The van der Waals surface area contributed by atoms with Crippen molar-refractivity contribution < 1.29 is 4.74 Å². The smallest absolute Gasteiger partial charge is 0.0728 e. The van der Waals surface area contributed by atoms with Gasteiger partial charge in [-0.2, -0.15) is 0 Å². The van der Waals surface area contributed by atoms with Crippen LogP contribution in [0.25, 0.3) is 0 Å². The van der Waals surface area contributed by atoms with Crippen molar-refractivity contribution in [3.8, 4) is 0 Å². The molecule has 13 heavy (non-hydrogen) atoms. The van der Waals surface area contributed by atoms with Crippen LogP contribution in [0.1, 0.15) is 46.5 Å². The Hall–Kier alpha value is -0.0800. The molecular weight excluding hydrogens is 162 g/mol. The molecule has 1 N–H and O–H groups in total. The van der Waals surface area contributed by atoms with Gasteiger partial charge in [0.15, 0.2) is 0 Å². The van der Waals surface area contributed by atoms with E-state index in [-0.39, 0.29) is 0 Å². The van der Waals surface area contributed by atoms with E-state index in [1.54, 1.807) is 0 Å². The highest BCUT2D eigenvalue weighted by Crippen LogP contribution is 2.18. The number of piperidine rings is 1. The first-order valence-electron chi connectivity index (χ1n) is 5.65. The molecule has 1 saturated heterocycles. The second-order valence-corrected chi connectivity index (χ2v) is 4.07. The lowest BCUT2D eigenvalue weighted by molar-refractivity contribution is -0.0000373. The van der Waals surface area contributed by atoms with Crippen molar-refractivity contribution in [2.24, 2.45) is 0 Å². The van der Waals surface area contributed by atoms with Gasteiger partial charge in [-0.25, -0.2) is 0 Å². The van der Waals surface area contributed by atoms with Crippen LogP contribution in [0.2, 0.25) is 0 Å². The lowest BCUT2D eigenvalue weighted by atomic mass is 9.95. The molecule has 3 atom stereocenters. The van der Waals surface area contributed by atoms with Gasteiger partial charge in [-0.15, -0.1) is 0 Å². The fourth-order valence-corrected chi connectivity index (χ4v) is 2.02. The number of hydrogen-bond donors (Lipinski definition) is 1. The molecule has 1 heterocycles. The Kier molecular flexibility index (Phi) is 4.74. The molecule has 0 bridgehead atoms. The molecule has 2 nitrogen and oxygen atoms in total. The predicted molar refractivity (Wildman–Crippen MR) is 55.9 cm³/mol. The summed E-state index contributed by atoms with van der Waals surface area (Å²) in [5.74, 6) is 0. The Bertz CT molecular complexity index is 136. The molecule has 1 aliphatic heterocycles. The van der Waals surface area contributed by atoms with Crippen LogP contribution in [0.5, 0.6) is 0 Å². The topological polar surface area (TPSA) is 21.3 Å². The minimum atomic E-state index is 0.459. The van der Waals surface area contributed by atoms with Crippen LogP contribution in [-0.4, -0.2) is 24.8 Å². The second kappa shape index (κ2) is 5.61. The molecular formula is C11H23NO. The van der Waals surface area contributed by atoms with Crippen molar-refractivity contribution in [2.45, 2.75) is 64.6 Å². The monoisotopic (exact) mass is 185 g/mol. The highest BCUT2D eigenvalue weighted by molar-refractivity contribution is 4.84. The second-order valence-electron chi connectivity index (χ2n) is 4.07. The quantitative estimate of drug-likeness (QED) is 0.726. The van der Waals surface area contributed by atoms with E-state index in [1.165, 1.54) is 19.3 Å². The minimum absolute atomic E-state index is 0.459. The lowest BCUT2D eigenvalue weighted by Crippen LogP contribution is -2.49. The zero-order valence-corrected chi connectivity index (χ0v) is 9.18. The molecule has 1 aliphatic rings. The molecule has 0 spiro atoms. The largest absolute Gasteiger partial charge is 0.377 e. The van der Waals surface area contributed by atoms with E-state index in [0.717, 1.165) is 13.0 Å². The first kappa shape index (κ1) is 11.0. The maximum atomic E-state index is 5.82. The van der Waals surface area contributed by atoms with E-state index in [2.05, 4.69) is 26.1 Å². The zero-order chi connectivity index (χ0) is 9.68. The van der Waals surface area contributed by atoms with Crippen molar-refractivity contribution in [3.63, 3.8) is 0 Å². The molecule has 78 valence electrons. The van der Waals surface area contributed by atoms with Gasteiger partial charge in [-0.1, -0.05) is 13.8 Å². The zero-order valence-electron chi connectivity index (χ0n) is 9.18. The van der Waals surface area contributed by atoms with Gasteiger partial charge in [-0.3, -0.25) is 0 Å². The van der Waals surface area contributed by atoms with E-state index in [0.29, 0.717) is 18.2 Å². The molecule has 0 amide bonds. The Morgan fingerprint density at radius 2 is 2.08 bits per heavy atom. The summed E-state index contributed by atoms with van der Waals surface area (Å²) in [4.78, 5) is 0. The fourth-order valence-electron chi connectivity index (χ4n) is 2.02. The molecule has 0 radical (unpaired) electrons. The van der Waals surface area contributed by atoms with Crippen LogP contribution in [0.15, 0.2) is 0 Å².